The molecule has 0 saturated carbocycles. The van der Waals surface area contributed by atoms with Crippen LogP contribution < -0.4 is 5.73 Å². The third-order valence-corrected chi connectivity index (χ3v) is 2.64. The standard InChI is InChI=1S/C12H16ClNO/c1-2-4-9(8-12(14)15)10-5-3-6-11(13)7-10/h3,5-7,9H,2,4,8H2,1H3,(H2,14,15). The van der Waals surface area contributed by atoms with E-state index < -0.39 is 0 Å². The number of carbonyl (C=O) groups is 1. The predicted octanol–water partition coefficient (Wildman–Crippen LogP) is 3.10. The monoisotopic (exact) mass is 225 g/mol. The number of amides is 1. The minimum atomic E-state index is -0.256. The Morgan fingerprint density at radius 1 is 1.53 bits per heavy atom. The highest BCUT2D eigenvalue weighted by Crippen LogP contribution is 2.26. The first-order chi connectivity index (χ1) is 7.13. The van der Waals surface area contributed by atoms with Gasteiger partial charge in [-0.15, -0.1) is 0 Å². The maximum atomic E-state index is 10.9. The lowest BCUT2D eigenvalue weighted by atomic mass is 9.91. The number of nitrogens with two attached hydrogens (primary N) is 1. The van der Waals surface area contributed by atoms with Crippen LogP contribution >= 0.6 is 11.6 Å². The topological polar surface area (TPSA) is 43.1 Å². The summed E-state index contributed by atoms with van der Waals surface area (Å²) in [7, 11) is 0. The van der Waals surface area contributed by atoms with Gasteiger partial charge in [0.15, 0.2) is 0 Å². The maximum absolute atomic E-state index is 10.9. The number of hydrogen-bond donors (Lipinski definition) is 1. The average Bonchev–Trinajstić information content (AvgIpc) is 2.16. The summed E-state index contributed by atoms with van der Waals surface area (Å²) < 4.78 is 0. The second-order valence-electron chi connectivity index (χ2n) is 3.71. The van der Waals surface area contributed by atoms with Gasteiger partial charge in [-0.2, -0.15) is 0 Å². The van der Waals surface area contributed by atoms with E-state index in [2.05, 4.69) is 6.92 Å². The van der Waals surface area contributed by atoms with E-state index in [0.717, 1.165) is 18.4 Å². The number of rotatable bonds is 5. The lowest BCUT2D eigenvalue weighted by molar-refractivity contribution is -0.118. The summed E-state index contributed by atoms with van der Waals surface area (Å²) in [5, 5.41) is 0.707. The summed E-state index contributed by atoms with van der Waals surface area (Å²) in [6.07, 6.45) is 2.39. The molecular formula is C12H16ClNO. The Balaban J connectivity index is 2.83. The van der Waals surface area contributed by atoms with Gasteiger partial charge in [0, 0.05) is 11.4 Å². The van der Waals surface area contributed by atoms with Crippen LogP contribution in [0.25, 0.3) is 0 Å². The zero-order valence-corrected chi connectivity index (χ0v) is 9.63. The smallest absolute Gasteiger partial charge is 0.218 e. The van der Waals surface area contributed by atoms with Crippen molar-refractivity contribution in [1.82, 2.24) is 0 Å². The molecule has 0 aliphatic carbocycles. The Labute approximate surface area is 95.4 Å². The van der Waals surface area contributed by atoms with E-state index in [1.54, 1.807) is 0 Å². The summed E-state index contributed by atoms with van der Waals surface area (Å²) in [6, 6.07) is 7.64. The van der Waals surface area contributed by atoms with Crippen LogP contribution in [0.3, 0.4) is 0 Å². The molecule has 15 heavy (non-hydrogen) atoms. The van der Waals surface area contributed by atoms with Gasteiger partial charge in [0.2, 0.25) is 5.91 Å². The fraction of sp³-hybridized carbons (Fsp3) is 0.417. The van der Waals surface area contributed by atoms with Crippen LogP contribution in [0.1, 0.15) is 37.7 Å². The highest BCUT2D eigenvalue weighted by Gasteiger charge is 2.13. The van der Waals surface area contributed by atoms with Crippen LogP contribution in [0.15, 0.2) is 24.3 Å². The number of benzene rings is 1. The molecule has 1 aromatic rings. The number of primary amides is 1. The molecule has 2 nitrogen and oxygen atoms in total. The van der Waals surface area contributed by atoms with Gasteiger partial charge in [0.25, 0.3) is 0 Å². The molecule has 0 heterocycles. The summed E-state index contributed by atoms with van der Waals surface area (Å²) in [6.45, 7) is 2.10. The zero-order valence-electron chi connectivity index (χ0n) is 8.87. The van der Waals surface area contributed by atoms with E-state index in [-0.39, 0.29) is 11.8 Å². The molecule has 0 saturated heterocycles. The van der Waals surface area contributed by atoms with Gasteiger partial charge in [-0.1, -0.05) is 37.1 Å². The van der Waals surface area contributed by atoms with Crippen molar-refractivity contribution in [2.75, 3.05) is 0 Å². The molecule has 2 N–H and O–H groups in total. The summed E-state index contributed by atoms with van der Waals surface area (Å²) in [5.41, 5.74) is 6.33. The van der Waals surface area contributed by atoms with Crippen LogP contribution in [0.5, 0.6) is 0 Å². The van der Waals surface area contributed by atoms with Crippen molar-refractivity contribution in [2.24, 2.45) is 5.73 Å². The van der Waals surface area contributed by atoms with E-state index in [4.69, 9.17) is 17.3 Å². The summed E-state index contributed by atoms with van der Waals surface area (Å²) >= 11 is 5.91. The third-order valence-electron chi connectivity index (χ3n) is 2.40. The Bertz CT molecular complexity index is 338. The summed E-state index contributed by atoms with van der Waals surface area (Å²) in [5.74, 6) is -0.0559. The van der Waals surface area contributed by atoms with Crippen molar-refractivity contribution < 1.29 is 4.79 Å². The average molecular weight is 226 g/mol. The minimum absolute atomic E-state index is 0.200. The van der Waals surface area contributed by atoms with Gasteiger partial charge in [0.1, 0.15) is 0 Å². The highest BCUT2D eigenvalue weighted by molar-refractivity contribution is 6.30. The number of hydrogen-bond acceptors (Lipinski definition) is 1. The molecule has 1 rings (SSSR count). The Morgan fingerprint density at radius 2 is 2.27 bits per heavy atom. The first-order valence-electron chi connectivity index (χ1n) is 5.17. The van der Waals surface area contributed by atoms with E-state index in [9.17, 15) is 4.79 Å². The molecule has 1 atom stereocenters. The van der Waals surface area contributed by atoms with E-state index >= 15 is 0 Å². The van der Waals surface area contributed by atoms with Crippen molar-refractivity contribution in [3.63, 3.8) is 0 Å². The quantitative estimate of drug-likeness (QED) is 0.822. The molecule has 1 unspecified atom stereocenters. The molecule has 82 valence electrons. The molecule has 1 amide bonds. The van der Waals surface area contributed by atoms with Crippen LogP contribution in [0.2, 0.25) is 5.02 Å². The number of carbonyl (C=O) groups excluding carboxylic acids is 1. The fourth-order valence-electron chi connectivity index (χ4n) is 1.74. The molecule has 0 fully saturated rings. The summed E-state index contributed by atoms with van der Waals surface area (Å²) in [4.78, 5) is 10.9. The Kier molecular flexibility index (Phi) is 4.63. The molecule has 0 aliphatic rings. The molecule has 0 spiro atoms. The molecule has 0 bridgehead atoms. The van der Waals surface area contributed by atoms with Crippen LogP contribution in [0, 0.1) is 0 Å². The normalized spacial score (nSPS) is 12.4. The molecule has 1 aromatic carbocycles. The van der Waals surface area contributed by atoms with Crippen LogP contribution in [-0.2, 0) is 4.79 Å². The Hall–Kier alpha value is -1.02. The first-order valence-corrected chi connectivity index (χ1v) is 5.55. The SMILES string of the molecule is CCCC(CC(N)=O)c1cccc(Cl)c1. The van der Waals surface area contributed by atoms with Gasteiger partial charge >= 0.3 is 0 Å². The largest absolute Gasteiger partial charge is 0.370 e. The van der Waals surface area contributed by atoms with Crippen molar-refractivity contribution in [3.05, 3.63) is 34.9 Å². The maximum Gasteiger partial charge on any atom is 0.218 e. The van der Waals surface area contributed by atoms with E-state index in [1.807, 2.05) is 24.3 Å². The molecule has 0 aromatic heterocycles. The van der Waals surface area contributed by atoms with E-state index in [1.165, 1.54) is 0 Å². The molecule has 3 heteroatoms. The van der Waals surface area contributed by atoms with Gasteiger partial charge in [-0.25, -0.2) is 0 Å². The van der Waals surface area contributed by atoms with Crippen molar-refractivity contribution in [1.29, 1.82) is 0 Å². The van der Waals surface area contributed by atoms with E-state index in [0.29, 0.717) is 11.4 Å². The third kappa shape index (κ3) is 3.92. The predicted molar refractivity (Wildman–Crippen MR) is 62.9 cm³/mol. The highest BCUT2D eigenvalue weighted by atomic mass is 35.5. The van der Waals surface area contributed by atoms with Crippen LogP contribution in [0.4, 0.5) is 0 Å². The van der Waals surface area contributed by atoms with Crippen molar-refractivity contribution >= 4 is 17.5 Å². The first kappa shape index (κ1) is 12.1. The number of halogens is 1. The lowest BCUT2D eigenvalue weighted by Crippen LogP contribution is -2.15. The zero-order chi connectivity index (χ0) is 11.3. The lowest BCUT2D eigenvalue weighted by Gasteiger charge is -2.14. The van der Waals surface area contributed by atoms with Gasteiger partial charge in [-0.05, 0) is 30.0 Å². The molecule has 0 radical (unpaired) electrons. The fourth-order valence-corrected chi connectivity index (χ4v) is 1.94. The van der Waals surface area contributed by atoms with Gasteiger partial charge in [-0.3, -0.25) is 4.79 Å². The van der Waals surface area contributed by atoms with Crippen molar-refractivity contribution in [3.8, 4) is 0 Å². The van der Waals surface area contributed by atoms with Gasteiger partial charge < -0.3 is 5.73 Å². The Morgan fingerprint density at radius 3 is 2.80 bits per heavy atom. The second kappa shape index (κ2) is 5.76. The van der Waals surface area contributed by atoms with Crippen LogP contribution in [-0.4, -0.2) is 5.91 Å². The molecular weight excluding hydrogens is 210 g/mol. The van der Waals surface area contributed by atoms with Gasteiger partial charge in [0.05, 0.1) is 0 Å². The second-order valence-corrected chi connectivity index (χ2v) is 4.15. The molecule has 0 aliphatic heterocycles. The minimum Gasteiger partial charge on any atom is -0.370 e. The van der Waals surface area contributed by atoms with Crippen molar-refractivity contribution in [2.45, 2.75) is 32.1 Å².